The van der Waals surface area contributed by atoms with Crippen molar-refractivity contribution in [2.24, 2.45) is 0 Å². The number of aromatic nitrogens is 2. The average Bonchev–Trinajstić information content (AvgIpc) is 2.69. The second-order valence-corrected chi connectivity index (χ2v) is 6.62. The van der Waals surface area contributed by atoms with E-state index in [9.17, 15) is 0 Å². The summed E-state index contributed by atoms with van der Waals surface area (Å²) in [5.41, 5.74) is 2.15. The number of anilines is 4. The third-order valence-corrected chi connectivity index (χ3v) is 4.68. The number of piperazine rings is 1. The van der Waals surface area contributed by atoms with Gasteiger partial charge in [0.05, 0.1) is 0 Å². The summed E-state index contributed by atoms with van der Waals surface area (Å²) in [5.74, 6) is 1.52. The summed E-state index contributed by atoms with van der Waals surface area (Å²) in [7, 11) is 0. The quantitative estimate of drug-likeness (QED) is 0.750. The molecule has 0 bridgehead atoms. The molecule has 1 aliphatic heterocycles. The van der Waals surface area contributed by atoms with Crippen LogP contribution in [-0.4, -0.2) is 36.1 Å². The minimum atomic E-state index is 0.579. The highest BCUT2D eigenvalue weighted by atomic mass is 35.5. The first kappa shape index (κ1) is 16.7. The fraction of sp³-hybridized carbons (Fsp3) is 0.200. The van der Waals surface area contributed by atoms with Gasteiger partial charge in [-0.1, -0.05) is 35.9 Å². The zero-order valence-electron chi connectivity index (χ0n) is 14.3. The molecule has 1 aromatic heterocycles. The summed E-state index contributed by atoms with van der Waals surface area (Å²) < 4.78 is 0. The number of hydrogen-bond donors (Lipinski definition) is 1. The van der Waals surface area contributed by atoms with E-state index in [0.29, 0.717) is 11.0 Å². The topological polar surface area (TPSA) is 44.3 Å². The molecular formula is C20H20ClN5. The molecular weight excluding hydrogens is 346 g/mol. The standard InChI is InChI=1S/C20H20ClN5/c21-16-5-4-6-17(15-16)23-20-22-10-9-19(24-20)26-13-11-25(12-14-26)18-7-2-1-3-8-18/h1-10,15H,11-14H2,(H,22,23,24). The van der Waals surface area contributed by atoms with Gasteiger partial charge in [-0.2, -0.15) is 4.98 Å². The molecule has 4 rings (SSSR count). The van der Waals surface area contributed by atoms with Crippen LogP contribution in [0.5, 0.6) is 0 Å². The van der Waals surface area contributed by atoms with Crippen LogP contribution in [0, 0.1) is 0 Å². The highest BCUT2D eigenvalue weighted by Gasteiger charge is 2.18. The van der Waals surface area contributed by atoms with E-state index in [4.69, 9.17) is 11.6 Å². The molecule has 0 aliphatic carbocycles. The summed E-state index contributed by atoms with van der Waals surface area (Å²) in [6, 6.07) is 20.0. The van der Waals surface area contributed by atoms with Crippen molar-refractivity contribution in [2.45, 2.75) is 0 Å². The van der Waals surface area contributed by atoms with Gasteiger partial charge >= 0.3 is 0 Å². The van der Waals surface area contributed by atoms with Crippen molar-refractivity contribution in [3.05, 3.63) is 71.9 Å². The number of hydrogen-bond acceptors (Lipinski definition) is 5. The van der Waals surface area contributed by atoms with Crippen LogP contribution in [0.25, 0.3) is 0 Å². The van der Waals surface area contributed by atoms with Gasteiger partial charge in [0.15, 0.2) is 0 Å². The van der Waals surface area contributed by atoms with Crippen molar-refractivity contribution >= 4 is 34.7 Å². The zero-order chi connectivity index (χ0) is 17.8. The van der Waals surface area contributed by atoms with Crippen LogP contribution in [0.4, 0.5) is 23.1 Å². The van der Waals surface area contributed by atoms with E-state index < -0.39 is 0 Å². The monoisotopic (exact) mass is 365 g/mol. The van der Waals surface area contributed by atoms with Gasteiger partial charge in [-0.05, 0) is 36.4 Å². The summed E-state index contributed by atoms with van der Waals surface area (Å²) >= 11 is 6.03. The van der Waals surface area contributed by atoms with E-state index in [0.717, 1.165) is 37.7 Å². The van der Waals surface area contributed by atoms with Crippen molar-refractivity contribution in [3.8, 4) is 0 Å². The fourth-order valence-corrected chi connectivity index (χ4v) is 3.30. The number of nitrogens with one attached hydrogen (secondary N) is 1. The van der Waals surface area contributed by atoms with Gasteiger partial charge < -0.3 is 15.1 Å². The largest absolute Gasteiger partial charge is 0.368 e. The smallest absolute Gasteiger partial charge is 0.229 e. The van der Waals surface area contributed by atoms with Gasteiger partial charge in [0, 0.05) is 48.8 Å². The molecule has 26 heavy (non-hydrogen) atoms. The van der Waals surface area contributed by atoms with Crippen molar-refractivity contribution in [3.63, 3.8) is 0 Å². The van der Waals surface area contributed by atoms with Crippen LogP contribution < -0.4 is 15.1 Å². The Labute approximate surface area is 158 Å². The first-order valence-electron chi connectivity index (χ1n) is 8.68. The summed E-state index contributed by atoms with van der Waals surface area (Å²) in [6.07, 6.45) is 1.79. The lowest BCUT2D eigenvalue weighted by atomic mass is 10.2. The molecule has 1 aliphatic rings. The van der Waals surface area contributed by atoms with Gasteiger partial charge in [-0.25, -0.2) is 4.98 Å². The second kappa shape index (κ2) is 7.62. The third kappa shape index (κ3) is 3.89. The van der Waals surface area contributed by atoms with Crippen molar-refractivity contribution in [1.29, 1.82) is 0 Å². The van der Waals surface area contributed by atoms with Gasteiger partial charge in [0.2, 0.25) is 5.95 Å². The molecule has 0 amide bonds. The average molecular weight is 366 g/mol. The molecule has 0 spiro atoms. The lowest BCUT2D eigenvalue weighted by molar-refractivity contribution is 0.647. The predicted octanol–water partition coefficient (Wildman–Crippen LogP) is 4.20. The fourth-order valence-electron chi connectivity index (χ4n) is 3.11. The number of rotatable bonds is 4. The highest BCUT2D eigenvalue weighted by molar-refractivity contribution is 6.30. The molecule has 6 heteroatoms. The van der Waals surface area contributed by atoms with Crippen molar-refractivity contribution < 1.29 is 0 Å². The minimum absolute atomic E-state index is 0.579. The van der Waals surface area contributed by atoms with Crippen LogP contribution in [0.1, 0.15) is 0 Å². The Balaban J connectivity index is 1.43. The molecule has 1 N–H and O–H groups in total. The maximum absolute atomic E-state index is 6.03. The molecule has 2 heterocycles. The van der Waals surface area contributed by atoms with E-state index in [1.807, 2.05) is 30.3 Å². The molecule has 2 aromatic carbocycles. The lowest BCUT2D eigenvalue weighted by Gasteiger charge is -2.36. The van der Waals surface area contributed by atoms with Crippen LogP contribution in [0.2, 0.25) is 5.02 Å². The highest BCUT2D eigenvalue weighted by Crippen LogP contribution is 2.21. The Morgan fingerprint density at radius 2 is 1.62 bits per heavy atom. The minimum Gasteiger partial charge on any atom is -0.368 e. The van der Waals surface area contributed by atoms with Crippen LogP contribution in [-0.2, 0) is 0 Å². The maximum Gasteiger partial charge on any atom is 0.229 e. The number of nitrogens with zero attached hydrogens (tertiary/aromatic N) is 4. The van der Waals surface area contributed by atoms with Crippen molar-refractivity contribution in [2.75, 3.05) is 41.3 Å². The van der Waals surface area contributed by atoms with E-state index in [1.54, 1.807) is 6.20 Å². The Morgan fingerprint density at radius 3 is 2.38 bits per heavy atom. The summed E-state index contributed by atoms with van der Waals surface area (Å²) in [5, 5.41) is 3.90. The van der Waals surface area contributed by atoms with E-state index in [-0.39, 0.29) is 0 Å². The molecule has 1 saturated heterocycles. The van der Waals surface area contributed by atoms with E-state index in [2.05, 4.69) is 55.4 Å². The Morgan fingerprint density at radius 1 is 0.846 bits per heavy atom. The normalized spacial score (nSPS) is 14.3. The first-order valence-corrected chi connectivity index (χ1v) is 9.06. The Hall–Kier alpha value is -2.79. The predicted molar refractivity (Wildman–Crippen MR) is 108 cm³/mol. The second-order valence-electron chi connectivity index (χ2n) is 6.18. The first-order chi connectivity index (χ1) is 12.8. The van der Waals surface area contributed by atoms with Gasteiger partial charge in [-0.15, -0.1) is 0 Å². The van der Waals surface area contributed by atoms with E-state index in [1.165, 1.54) is 5.69 Å². The lowest BCUT2D eigenvalue weighted by Crippen LogP contribution is -2.46. The van der Waals surface area contributed by atoms with Crippen molar-refractivity contribution in [1.82, 2.24) is 9.97 Å². The number of para-hydroxylation sites is 1. The van der Waals surface area contributed by atoms with Crippen LogP contribution in [0.3, 0.4) is 0 Å². The molecule has 5 nitrogen and oxygen atoms in total. The number of halogens is 1. The third-order valence-electron chi connectivity index (χ3n) is 4.45. The molecule has 0 radical (unpaired) electrons. The van der Waals surface area contributed by atoms with Crippen LogP contribution in [0.15, 0.2) is 66.9 Å². The molecule has 132 valence electrons. The Bertz CT molecular complexity index is 863. The zero-order valence-corrected chi connectivity index (χ0v) is 15.1. The van der Waals surface area contributed by atoms with Crippen LogP contribution >= 0.6 is 11.6 Å². The molecule has 3 aromatic rings. The molecule has 0 saturated carbocycles. The number of benzene rings is 2. The van der Waals surface area contributed by atoms with E-state index >= 15 is 0 Å². The summed E-state index contributed by atoms with van der Waals surface area (Å²) in [6.45, 7) is 3.82. The molecule has 0 unspecified atom stereocenters. The van der Waals surface area contributed by atoms with Gasteiger partial charge in [0.25, 0.3) is 0 Å². The van der Waals surface area contributed by atoms with Gasteiger partial charge in [-0.3, -0.25) is 0 Å². The maximum atomic E-state index is 6.03. The SMILES string of the molecule is Clc1cccc(Nc2nccc(N3CCN(c4ccccc4)CC3)n2)c1. The molecule has 0 atom stereocenters. The summed E-state index contributed by atoms with van der Waals surface area (Å²) in [4.78, 5) is 13.7. The van der Waals surface area contributed by atoms with Gasteiger partial charge in [0.1, 0.15) is 5.82 Å². The molecule has 1 fully saturated rings. The Kier molecular flexibility index (Phi) is 4.88.